The van der Waals surface area contributed by atoms with Crippen molar-refractivity contribution >= 4 is 17.6 Å². The van der Waals surface area contributed by atoms with Gasteiger partial charge in [0.1, 0.15) is 5.75 Å². The summed E-state index contributed by atoms with van der Waals surface area (Å²) < 4.78 is 0. The van der Waals surface area contributed by atoms with Gasteiger partial charge in [-0.3, -0.25) is 4.79 Å². The molecule has 0 atom stereocenters. The lowest BCUT2D eigenvalue weighted by molar-refractivity contribution is 0.0698. The third-order valence-corrected chi connectivity index (χ3v) is 5.68. The van der Waals surface area contributed by atoms with Gasteiger partial charge in [0.05, 0.1) is 16.8 Å². The maximum Gasteiger partial charge on any atom is 0.337 e. The number of carbonyl (C=O) groups excluding carboxylic acids is 1. The molecule has 3 aromatic rings. The Kier molecular flexibility index (Phi) is 6.00. The molecule has 1 aliphatic rings. The molecule has 158 valence electrons. The van der Waals surface area contributed by atoms with E-state index >= 15 is 0 Å². The molecule has 4 rings (SSSR count). The van der Waals surface area contributed by atoms with Gasteiger partial charge in [-0.2, -0.15) is 0 Å². The van der Waals surface area contributed by atoms with E-state index in [-0.39, 0.29) is 22.6 Å². The van der Waals surface area contributed by atoms with Gasteiger partial charge in [0, 0.05) is 0 Å². The number of amides is 1. The van der Waals surface area contributed by atoms with E-state index in [1.54, 1.807) is 18.2 Å². The van der Waals surface area contributed by atoms with E-state index in [0.29, 0.717) is 5.92 Å². The molecule has 3 aromatic carbocycles. The zero-order valence-corrected chi connectivity index (χ0v) is 17.0. The number of piperidine rings is 1. The molecule has 6 heteroatoms. The summed E-state index contributed by atoms with van der Waals surface area (Å²) in [5.41, 5.74) is 3.00. The first-order valence-electron chi connectivity index (χ1n) is 10.3. The summed E-state index contributed by atoms with van der Waals surface area (Å²) in [6, 6.07) is 19.4. The maximum absolute atomic E-state index is 13.0. The van der Waals surface area contributed by atoms with Crippen LogP contribution in [-0.4, -0.2) is 35.2 Å². The number of hydrogen-bond acceptors (Lipinski definition) is 4. The van der Waals surface area contributed by atoms with Crippen molar-refractivity contribution in [2.24, 2.45) is 0 Å². The van der Waals surface area contributed by atoms with Gasteiger partial charge in [0.25, 0.3) is 5.91 Å². The molecule has 0 radical (unpaired) electrons. The van der Waals surface area contributed by atoms with Gasteiger partial charge in [0.15, 0.2) is 0 Å². The molecule has 0 aromatic heterocycles. The lowest BCUT2D eigenvalue weighted by atomic mass is 9.89. The molecule has 1 aliphatic heterocycles. The molecule has 1 saturated heterocycles. The largest absolute Gasteiger partial charge is 0.507 e. The number of anilines is 1. The van der Waals surface area contributed by atoms with Crippen LogP contribution in [0.2, 0.25) is 0 Å². The Hall–Kier alpha value is -3.64. The smallest absolute Gasteiger partial charge is 0.337 e. The number of carboxylic acids is 1. The van der Waals surface area contributed by atoms with E-state index in [2.05, 4.69) is 10.6 Å². The number of aromatic carboxylic acids is 1. The number of benzene rings is 3. The molecule has 1 fully saturated rings. The molecule has 0 saturated carbocycles. The van der Waals surface area contributed by atoms with E-state index in [0.717, 1.165) is 42.6 Å². The van der Waals surface area contributed by atoms with Crippen LogP contribution in [0.3, 0.4) is 0 Å². The van der Waals surface area contributed by atoms with Gasteiger partial charge < -0.3 is 20.8 Å². The monoisotopic (exact) mass is 416 g/mol. The Morgan fingerprint density at radius 1 is 0.871 bits per heavy atom. The number of phenols is 1. The number of rotatable bonds is 5. The summed E-state index contributed by atoms with van der Waals surface area (Å²) in [6.07, 6.45) is 1.93. The molecular formula is C25H24N2O4. The molecule has 0 bridgehead atoms. The lowest BCUT2D eigenvalue weighted by Crippen LogP contribution is -2.26. The molecule has 0 aliphatic carbocycles. The standard InChI is InChI=1S/C25H24N2O4/c28-23-9-7-18(17-10-12-26-13-11-17)14-21(23)24(29)27-22-15-19(6-8-20(22)25(30)31)16-4-2-1-3-5-16/h1-9,14-15,17,26,28H,10-13H2,(H,27,29)(H,30,31). The minimum absolute atomic E-state index is 0.0120. The number of carbonyl (C=O) groups is 2. The van der Waals surface area contributed by atoms with Crippen LogP contribution >= 0.6 is 0 Å². The first-order valence-corrected chi connectivity index (χ1v) is 10.3. The van der Waals surface area contributed by atoms with Gasteiger partial charge in [-0.1, -0.05) is 42.5 Å². The summed E-state index contributed by atoms with van der Waals surface area (Å²) in [6.45, 7) is 1.84. The third-order valence-electron chi connectivity index (χ3n) is 5.68. The van der Waals surface area contributed by atoms with Crippen molar-refractivity contribution in [1.29, 1.82) is 0 Å². The van der Waals surface area contributed by atoms with E-state index in [4.69, 9.17) is 0 Å². The zero-order valence-electron chi connectivity index (χ0n) is 17.0. The van der Waals surface area contributed by atoms with E-state index in [1.807, 2.05) is 36.4 Å². The van der Waals surface area contributed by atoms with E-state index in [1.165, 1.54) is 12.1 Å². The molecule has 0 unspecified atom stereocenters. The molecule has 1 heterocycles. The fourth-order valence-corrected chi connectivity index (χ4v) is 3.98. The highest BCUT2D eigenvalue weighted by molar-refractivity contribution is 6.09. The second-order valence-electron chi connectivity index (χ2n) is 7.69. The number of hydrogen-bond donors (Lipinski definition) is 4. The predicted molar refractivity (Wildman–Crippen MR) is 120 cm³/mol. The van der Waals surface area contributed by atoms with Crippen molar-refractivity contribution in [1.82, 2.24) is 5.32 Å². The molecule has 1 amide bonds. The second kappa shape index (κ2) is 9.02. The summed E-state index contributed by atoms with van der Waals surface area (Å²) in [5, 5.41) is 25.9. The summed E-state index contributed by atoms with van der Waals surface area (Å²) in [5.74, 6) is -1.49. The van der Waals surface area contributed by atoms with Crippen molar-refractivity contribution < 1.29 is 19.8 Å². The van der Waals surface area contributed by atoms with Crippen LogP contribution in [0.25, 0.3) is 11.1 Å². The first-order chi connectivity index (χ1) is 15.0. The van der Waals surface area contributed by atoms with Crippen molar-refractivity contribution in [2.75, 3.05) is 18.4 Å². The maximum atomic E-state index is 13.0. The van der Waals surface area contributed by atoms with Crippen LogP contribution in [0.1, 0.15) is 45.0 Å². The first kappa shape index (κ1) is 20.6. The van der Waals surface area contributed by atoms with Crippen LogP contribution in [-0.2, 0) is 0 Å². The van der Waals surface area contributed by atoms with Gasteiger partial charge in [0.2, 0.25) is 0 Å². The Bertz CT molecular complexity index is 1110. The number of carboxylic acid groups (broad SMARTS) is 1. The lowest BCUT2D eigenvalue weighted by Gasteiger charge is -2.23. The van der Waals surface area contributed by atoms with Gasteiger partial charge >= 0.3 is 5.97 Å². The normalized spacial score (nSPS) is 14.2. The summed E-state index contributed by atoms with van der Waals surface area (Å²) in [7, 11) is 0. The SMILES string of the molecule is O=C(Nc1cc(-c2ccccc2)ccc1C(=O)O)c1cc(C2CCNCC2)ccc1O. The molecular weight excluding hydrogens is 392 g/mol. The summed E-state index contributed by atoms with van der Waals surface area (Å²) in [4.78, 5) is 24.7. The zero-order chi connectivity index (χ0) is 21.8. The van der Waals surface area contributed by atoms with Crippen molar-refractivity contribution in [2.45, 2.75) is 18.8 Å². The number of nitrogens with one attached hydrogen (secondary N) is 2. The number of phenolic OH excluding ortho intramolecular Hbond substituents is 1. The Labute approximate surface area is 180 Å². The van der Waals surface area contributed by atoms with Gasteiger partial charge in [-0.25, -0.2) is 4.79 Å². The Morgan fingerprint density at radius 2 is 1.61 bits per heavy atom. The minimum Gasteiger partial charge on any atom is -0.507 e. The third kappa shape index (κ3) is 4.59. The highest BCUT2D eigenvalue weighted by Crippen LogP contribution is 2.31. The minimum atomic E-state index is -1.14. The molecule has 0 spiro atoms. The number of aromatic hydroxyl groups is 1. The summed E-state index contributed by atoms with van der Waals surface area (Å²) >= 11 is 0. The fraction of sp³-hybridized carbons (Fsp3) is 0.200. The second-order valence-corrected chi connectivity index (χ2v) is 7.69. The highest BCUT2D eigenvalue weighted by Gasteiger charge is 2.20. The topological polar surface area (TPSA) is 98.7 Å². The Balaban J connectivity index is 1.65. The van der Waals surface area contributed by atoms with E-state index < -0.39 is 11.9 Å². The quantitative estimate of drug-likeness (QED) is 0.492. The Morgan fingerprint density at radius 3 is 2.32 bits per heavy atom. The predicted octanol–water partition coefficient (Wildman–Crippen LogP) is 4.48. The highest BCUT2D eigenvalue weighted by atomic mass is 16.4. The fourth-order valence-electron chi connectivity index (χ4n) is 3.98. The average Bonchev–Trinajstić information content (AvgIpc) is 2.80. The van der Waals surface area contributed by atoms with E-state index in [9.17, 15) is 19.8 Å². The van der Waals surface area contributed by atoms with Crippen molar-refractivity contribution in [3.05, 3.63) is 83.4 Å². The van der Waals surface area contributed by atoms with Crippen LogP contribution in [0.15, 0.2) is 66.7 Å². The van der Waals surface area contributed by atoms with Crippen LogP contribution in [0, 0.1) is 0 Å². The molecule has 31 heavy (non-hydrogen) atoms. The van der Waals surface area contributed by atoms with Crippen LogP contribution in [0.5, 0.6) is 5.75 Å². The average molecular weight is 416 g/mol. The van der Waals surface area contributed by atoms with Gasteiger partial charge in [-0.15, -0.1) is 0 Å². The van der Waals surface area contributed by atoms with Crippen LogP contribution in [0.4, 0.5) is 5.69 Å². The molecule has 4 N–H and O–H groups in total. The molecule has 6 nitrogen and oxygen atoms in total. The van der Waals surface area contributed by atoms with Crippen molar-refractivity contribution in [3.63, 3.8) is 0 Å². The van der Waals surface area contributed by atoms with Crippen molar-refractivity contribution in [3.8, 4) is 16.9 Å². The van der Waals surface area contributed by atoms with Crippen LogP contribution < -0.4 is 10.6 Å². The van der Waals surface area contributed by atoms with Gasteiger partial charge in [-0.05, 0) is 72.8 Å².